The first-order chi connectivity index (χ1) is 13.9. The van der Waals surface area contributed by atoms with Crippen molar-refractivity contribution in [1.29, 1.82) is 0 Å². The van der Waals surface area contributed by atoms with Gasteiger partial charge in [0.1, 0.15) is 12.2 Å². The molecule has 148 valence electrons. The van der Waals surface area contributed by atoms with Gasteiger partial charge in [0, 0.05) is 17.5 Å². The van der Waals surface area contributed by atoms with Crippen LogP contribution in [0.15, 0.2) is 58.6 Å². The summed E-state index contributed by atoms with van der Waals surface area (Å²) >= 11 is 12.3. The van der Waals surface area contributed by atoms with Crippen molar-refractivity contribution in [2.45, 2.75) is 0 Å². The van der Waals surface area contributed by atoms with E-state index in [0.29, 0.717) is 22.3 Å². The van der Waals surface area contributed by atoms with Crippen LogP contribution in [-0.4, -0.2) is 23.7 Å². The Morgan fingerprint density at radius 1 is 1.28 bits per heavy atom. The third-order valence-electron chi connectivity index (χ3n) is 3.68. The van der Waals surface area contributed by atoms with Gasteiger partial charge in [0.05, 0.1) is 21.2 Å². The number of non-ortho nitro benzene ring substituents is 1. The van der Waals surface area contributed by atoms with Crippen LogP contribution in [0.3, 0.4) is 0 Å². The first-order valence-electron chi connectivity index (χ1n) is 8.13. The molecule has 1 heterocycles. The number of hydrogen-bond acceptors (Lipinski definition) is 6. The molecule has 0 aliphatic carbocycles. The lowest BCUT2D eigenvalue weighted by Gasteiger charge is -2.08. The number of nitrogens with zero attached hydrogens (tertiary/aromatic N) is 2. The molecule has 1 N–H and O–H groups in total. The van der Waals surface area contributed by atoms with Crippen molar-refractivity contribution in [3.05, 3.63) is 80.5 Å². The molecule has 2 aromatic carbocycles. The number of nitro groups is 1. The molecule has 10 heteroatoms. The second-order valence-electron chi connectivity index (χ2n) is 5.70. The smallest absolute Gasteiger partial charge is 0.307 e. The fourth-order valence-electron chi connectivity index (χ4n) is 2.41. The van der Waals surface area contributed by atoms with Crippen LogP contribution in [-0.2, 0) is 0 Å². The highest BCUT2D eigenvalue weighted by Crippen LogP contribution is 2.33. The highest BCUT2D eigenvalue weighted by molar-refractivity contribution is 6.37. The Bertz CT molecular complexity index is 1120. The number of carbonyl (C=O) groups excluding carboxylic acids is 1. The molecule has 3 aromatic rings. The number of halogens is 2. The third-order valence-corrected chi connectivity index (χ3v) is 4.24. The molecule has 8 nitrogen and oxygen atoms in total. The quantitative estimate of drug-likeness (QED) is 0.244. The summed E-state index contributed by atoms with van der Waals surface area (Å²) in [5, 5.41) is 15.7. The number of ether oxygens (including phenoxy) is 1. The number of furan rings is 1. The molecular formula is C19H13Cl2N3O5. The summed E-state index contributed by atoms with van der Waals surface area (Å²) < 4.78 is 10.8. The van der Waals surface area contributed by atoms with Gasteiger partial charge in [-0.2, -0.15) is 5.10 Å². The summed E-state index contributed by atoms with van der Waals surface area (Å²) in [4.78, 5) is 22.5. The lowest BCUT2D eigenvalue weighted by atomic mass is 10.2. The van der Waals surface area contributed by atoms with Crippen LogP contribution >= 0.6 is 23.2 Å². The average Bonchev–Trinajstić information content (AvgIpc) is 3.10. The number of nitrogens with one attached hydrogen (secondary N) is 1. The molecule has 1 aromatic heterocycles. The molecule has 1 amide bonds. The zero-order valence-corrected chi connectivity index (χ0v) is 16.2. The fourth-order valence-corrected chi connectivity index (χ4v) is 3.02. The Labute approximate surface area is 174 Å². The Hall–Kier alpha value is -3.36. The first kappa shape index (κ1) is 20.4. The van der Waals surface area contributed by atoms with Crippen LogP contribution in [0, 0.1) is 10.1 Å². The van der Waals surface area contributed by atoms with Gasteiger partial charge in [-0.25, -0.2) is 5.43 Å². The Morgan fingerprint density at radius 3 is 2.66 bits per heavy atom. The monoisotopic (exact) mass is 433 g/mol. The molecule has 0 unspecified atom stereocenters. The number of carbonyl (C=O) groups is 1. The summed E-state index contributed by atoms with van der Waals surface area (Å²) in [5.74, 6) is -0.337. The number of fused-ring (bicyclic) bond motifs is 1. The molecule has 3 rings (SSSR count). The SMILES string of the molecule is C=CCOc1c(Cl)cc(/C=N/NC(=O)c2cc3cc([N+](=O)[O-])ccc3o2)cc1Cl. The lowest BCUT2D eigenvalue weighted by Crippen LogP contribution is -2.16. The van der Waals surface area contributed by atoms with Gasteiger partial charge in [0.25, 0.3) is 5.69 Å². The van der Waals surface area contributed by atoms with E-state index in [-0.39, 0.29) is 28.1 Å². The van der Waals surface area contributed by atoms with E-state index in [2.05, 4.69) is 17.1 Å². The van der Waals surface area contributed by atoms with Crippen LogP contribution in [0.25, 0.3) is 11.0 Å². The molecule has 0 saturated carbocycles. The first-order valence-corrected chi connectivity index (χ1v) is 8.88. The standard InChI is InChI=1S/C19H13Cl2N3O5/c1-2-5-28-18-14(20)6-11(7-15(18)21)10-22-23-19(25)17-9-12-8-13(24(26)27)3-4-16(12)29-17/h2-4,6-10H,1,5H2,(H,23,25)/b22-10+. The minimum absolute atomic E-state index is 0.0399. The van der Waals surface area contributed by atoms with Gasteiger partial charge in [0.15, 0.2) is 11.5 Å². The van der Waals surface area contributed by atoms with Gasteiger partial charge in [-0.15, -0.1) is 0 Å². The van der Waals surface area contributed by atoms with E-state index in [1.165, 1.54) is 30.5 Å². The molecule has 0 saturated heterocycles. The number of hydrogen-bond donors (Lipinski definition) is 1. The van der Waals surface area contributed by atoms with Crippen molar-refractivity contribution in [2.75, 3.05) is 6.61 Å². The Morgan fingerprint density at radius 2 is 2.00 bits per heavy atom. The maximum atomic E-state index is 12.2. The highest BCUT2D eigenvalue weighted by atomic mass is 35.5. The summed E-state index contributed by atoms with van der Waals surface area (Å²) in [5.41, 5.74) is 3.09. The average molecular weight is 434 g/mol. The number of amides is 1. The van der Waals surface area contributed by atoms with E-state index < -0.39 is 10.8 Å². The van der Waals surface area contributed by atoms with Crippen molar-refractivity contribution in [2.24, 2.45) is 5.10 Å². The topological polar surface area (TPSA) is 107 Å². The van der Waals surface area contributed by atoms with Crippen LogP contribution in [0.2, 0.25) is 10.0 Å². The maximum Gasteiger partial charge on any atom is 0.307 e. The van der Waals surface area contributed by atoms with Gasteiger partial charge in [-0.1, -0.05) is 35.9 Å². The lowest BCUT2D eigenvalue weighted by molar-refractivity contribution is -0.384. The molecular weight excluding hydrogens is 421 g/mol. The highest BCUT2D eigenvalue weighted by Gasteiger charge is 2.15. The molecule has 0 fully saturated rings. The van der Waals surface area contributed by atoms with Crippen molar-refractivity contribution in [3.63, 3.8) is 0 Å². The zero-order chi connectivity index (χ0) is 21.0. The maximum absolute atomic E-state index is 12.2. The van der Waals surface area contributed by atoms with Gasteiger partial charge < -0.3 is 9.15 Å². The van der Waals surface area contributed by atoms with Gasteiger partial charge in [-0.3, -0.25) is 14.9 Å². The molecule has 0 aliphatic heterocycles. The molecule has 29 heavy (non-hydrogen) atoms. The summed E-state index contributed by atoms with van der Waals surface area (Å²) in [6.45, 7) is 3.80. The van der Waals surface area contributed by atoms with E-state index >= 15 is 0 Å². The number of benzene rings is 2. The Kier molecular flexibility index (Phi) is 6.16. The number of hydrazone groups is 1. The molecule has 0 bridgehead atoms. The zero-order valence-electron chi connectivity index (χ0n) is 14.7. The number of nitro benzene ring substituents is 1. The predicted octanol–water partition coefficient (Wildman–Crippen LogP) is 4.98. The molecule has 0 atom stereocenters. The molecule has 0 spiro atoms. The molecule has 0 radical (unpaired) electrons. The summed E-state index contributed by atoms with van der Waals surface area (Å²) in [6, 6.07) is 8.57. The van der Waals surface area contributed by atoms with Crippen molar-refractivity contribution < 1.29 is 18.9 Å². The Balaban J connectivity index is 1.71. The summed E-state index contributed by atoms with van der Waals surface area (Å²) in [7, 11) is 0. The largest absolute Gasteiger partial charge is 0.486 e. The van der Waals surface area contributed by atoms with E-state index in [0.717, 1.165) is 0 Å². The fraction of sp³-hybridized carbons (Fsp3) is 0.0526. The van der Waals surface area contributed by atoms with Gasteiger partial charge >= 0.3 is 5.91 Å². The number of rotatable bonds is 7. The van der Waals surface area contributed by atoms with E-state index in [1.54, 1.807) is 18.2 Å². The summed E-state index contributed by atoms with van der Waals surface area (Å²) in [6.07, 6.45) is 2.91. The minimum Gasteiger partial charge on any atom is -0.486 e. The van der Waals surface area contributed by atoms with Crippen molar-refractivity contribution >= 4 is 52.0 Å². The van der Waals surface area contributed by atoms with E-state index in [9.17, 15) is 14.9 Å². The van der Waals surface area contributed by atoms with Crippen LogP contribution in [0.5, 0.6) is 5.75 Å². The van der Waals surface area contributed by atoms with Crippen molar-refractivity contribution in [3.8, 4) is 5.75 Å². The van der Waals surface area contributed by atoms with Crippen LogP contribution < -0.4 is 10.2 Å². The van der Waals surface area contributed by atoms with Gasteiger partial charge in [0.2, 0.25) is 0 Å². The van der Waals surface area contributed by atoms with Crippen molar-refractivity contribution in [1.82, 2.24) is 5.43 Å². The van der Waals surface area contributed by atoms with Crippen LogP contribution in [0.4, 0.5) is 5.69 Å². The van der Waals surface area contributed by atoms with E-state index in [4.69, 9.17) is 32.4 Å². The van der Waals surface area contributed by atoms with Crippen LogP contribution in [0.1, 0.15) is 16.1 Å². The predicted molar refractivity (Wildman–Crippen MR) is 110 cm³/mol. The van der Waals surface area contributed by atoms with Gasteiger partial charge in [-0.05, 0) is 29.8 Å². The molecule has 0 aliphatic rings. The normalized spacial score (nSPS) is 11.0. The minimum atomic E-state index is -0.622. The second kappa shape index (κ2) is 8.76. The third kappa shape index (κ3) is 4.74. The second-order valence-corrected chi connectivity index (χ2v) is 6.52. The van der Waals surface area contributed by atoms with E-state index in [1.807, 2.05) is 0 Å².